The van der Waals surface area contributed by atoms with E-state index in [-0.39, 0.29) is 13.0 Å². The minimum absolute atomic E-state index is 0.215. The molecule has 0 radical (unpaired) electrons. The van der Waals surface area contributed by atoms with Crippen LogP contribution in [0.5, 0.6) is 0 Å². The molecule has 3 N–H and O–H groups in total. The number of benzene rings is 1. The summed E-state index contributed by atoms with van der Waals surface area (Å²) in [5.74, 6) is -0.668. The van der Waals surface area contributed by atoms with Crippen LogP contribution in [-0.2, 0) is 15.6 Å². The van der Waals surface area contributed by atoms with Crippen LogP contribution in [0.15, 0.2) is 29.2 Å². The first-order valence-corrected chi connectivity index (χ1v) is 7.12. The summed E-state index contributed by atoms with van der Waals surface area (Å²) in [5, 5.41) is 8.10. The Balaban J connectivity index is 2.91. The molecule has 4 nitrogen and oxygen atoms in total. The lowest BCUT2D eigenvalue weighted by molar-refractivity contribution is -0.136. The van der Waals surface area contributed by atoms with E-state index in [9.17, 15) is 9.00 Å². The van der Waals surface area contributed by atoms with Crippen LogP contribution in [0, 0.1) is 0 Å². The van der Waals surface area contributed by atoms with Crippen molar-refractivity contribution in [3.05, 3.63) is 29.8 Å². The van der Waals surface area contributed by atoms with Crippen LogP contribution in [-0.4, -0.2) is 27.1 Å². The molecule has 1 aromatic rings. The first kappa shape index (κ1) is 14.9. The second-order valence-corrected chi connectivity index (χ2v) is 6.06. The van der Waals surface area contributed by atoms with Crippen molar-refractivity contribution < 1.29 is 14.1 Å². The van der Waals surface area contributed by atoms with E-state index in [0.717, 1.165) is 5.56 Å². The van der Waals surface area contributed by atoms with Crippen LogP contribution in [0.1, 0.15) is 31.7 Å². The average Bonchev–Trinajstić information content (AvgIpc) is 2.35. The summed E-state index contributed by atoms with van der Waals surface area (Å²) in [6.07, 6.45) is 0.216. The molecule has 0 aliphatic carbocycles. The average molecular weight is 269 g/mol. The number of hydrogen-bond donors (Lipinski definition) is 2. The molecule has 0 aliphatic rings. The third-order valence-electron chi connectivity index (χ3n) is 2.74. The van der Waals surface area contributed by atoms with Crippen molar-refractivity contribution in [3.8, 4) is 0 Å². The second-order valence-electron chi connectivity index (χ2n) is 4.43. The van der Waals surface area contributed by atoms with E-state index in [4.69, 9.17) is 10.8 Å². The zero-order valence-electron chi connectivity index (χ0n) is 10.6. The molecular weight excluding hydrogens is 250 g/mol. The fourth-order valence-electron chi connectivity index (χ4n) is 1.62. The molecule has 0 fully saturated rings. The Morgan fingerprint density at radius 1 is 1.33 bits per heavy atom. The van der Waals surface area contributed by atoms with Gasteiger partial charge >= 0.3 is 5.97 Å². The highest BCUT2D eigenvalue weighted by Crippen LogP contribution is 2.19. The highest BCUT2D eigenvalue weighted by Gasteiger charge is 2.25. The highest BCUT2D eigenvalue weighted by atomic mass is 32.2. The predicted octanol–water partition coefficient (Wildman–Crippen LogP) is 1.72. The van der Waals surface area contributed by atoms with Gasteiger partial charge in [-0.2, -0.15) is 0 Å². The van der Waals surface area contributed by atoms with Crippen molar-refractivity contribution in [2.75, 3.05) is 6.54 Å². The lowest BCUT2D eigenvalue weighted by atomic mass is 10.0. The molecule has 0 aliphatic heterocycles. The summed E-state index contributed by atoms with van der Waals surface area (Å²) in [4.78, 5) is 11.6. The van der Waals surface area contributed by atoms with Gasteiger partial charge in [0.15, 0.2) is 0 Å². The van der Waals surface area contributed by atoms with Crippen LogP contribution in [0.4, 0.5) is 0 Å². The minimum Gasteiger partial charge on any atom is -0.480 e. The molecule has 1 rings (SSSR count). The van der Waals surface area contributed by atoms with Crippen LogP contribution in [0.2, 0.25) is 0 Å². The molecule has 5 heteroatoms. The predicted molar refractivity (Wildman–Crippen MR) is 72.0 cm³/mol. The molecule has 18 heavy (non-hydrogen) atoms. The maximum atomic E-state index is 12.1. The number of hydrogen-bond acceptors (Lipinski definition) is 3. The number of carbonyl (C=O) groups is 1. The van der Waals surface area contributed by atoms with Crippen LogP contribution < -0.4 is 5.73 Å². The highest BCUT2D eigenvalue weighted by molar-refractivity contribution is 7.86. The number of nitrogens with two attached hydrogens (primary N) is 1. The van der Waals surface area contributed by atoms with E-state index in [1.807, 2.05) is 12.1 Å². The molecule has 100 valence electrons. The smallest absolute Gasteiger partial charge is 0.319 e. The standard InChI is InChI=1S/C13H19NO3S/c1-9(2)10-3-5-11(6-4-10)18(17)12(7-8-14)13(15)16/h3-6,9,12H,7-8,14H2,1-2H3,(H,15,16). The molecule has 2 unspecified atom stereocenters. The number of carboxylic acid groups (broad SMARTS) is 1. The van der Waals surface area contributed by atoms with Crippen LogP contribution in [0.3, 0.4) is 0 Å². The maximum absolute atomic E-state index is 12.1. The van der Waals surface area contributed by atoms with E-state index < -0.39 is 22.0 Å². The molecule has 0 heterocycles. The first-order chi connectivity index (χ1) is 8.47. The van der Waals surface area contributed by atoms with Crippen LogP contribution in [0.25, 0.3) is 0 Å². The molecule has 0 amide bonds. The van der Waals surface area contributed by atoms with Gasteiger partial charge in [-0.1, -0.05) is 26.0 Å². The van der Waals surface area contributed by atoms with Gasteiger partial charge in [-0.3, -0.25) is 9.00 Å². The lowest BCUT2D eigenvalue weighted by Crippen LogP contribution is -2.28. The van der Waals surface area contributed by atoms with E-state index in [1.165, 1.54) is 0 Å². The summed E-state index contributed by atoms with van der Waals surface area (Å²) in [5.41, 5.74) is 6.49. The van der Waals surface area contributed by atoms with Crippen molar-refractivity contribution in [1.29, 1.82) is 0 Å². The summed E-state index contributed by atoms with van der Waals surface area (Å²) in [6, 6.07) is 7.24. The Kier molecular flexibility index (Phi) is 5.50. The zero-order valence-corrected chi connectivity index (χ0v) is 11.4. The Morgan fingerprint density at radius 2 is 1.89 bits per heavy atom. The van der Waals surface area contributed by atoms with E-state index in [2.05, 4.69) is 13.8 Å². The summed E-state index contributed by atoms with van der Waals surface area (Å²) in [6.45, 7) is 4.35. The number of aliphatic carboxylic acids is 1. The van der Waals surface area contributed by atoms with Gasteiger partial charge in [-0.25, -0.2) is 0 Å². The quantitative estimate of drug-likeness (QED) is 0.824. The van der Waals surface area contributed by atoms with Gasteiger partial charge < -0.3 is 10.8 Å². The van der Waals surface area contributed by atoms with Crippen molar-refractivity contribution in [2.24, 2.45) is 5.73 Å². The van der Waals surface area contributed by atoms with Gasteiger partial charge in [-0.15, -0.1) is 0 Å². The lowest BCUT2D eigenvalue weighted by Gasteiger charge is -2.12. The Morgan fingerprint density at radius 3 is 2.28 bits per heavy atom. The molecule has 2 atom stereocenters. The number of rotatable bonds is 6. The maximum Gasteiger partial charge on any atom is 0.319 e. The monoisotopic (exact) mass is 269 g/mol. The van der Waals surface area contributed by atoms with Gasteiger partial charge in [0, 0.05) is 4.90 Å². The van der Waals surface area contributed by atoms with Crippen molar-refractivity contribution >= 4 is 16.8 Å². The van der Waals surface area contributed by atoms with E-state index in [0.29, 0.717) is 10.8 Å². The number of carboxylic acids is 1. The topological polar surface area (TPSA) is 80.4 Å². The summed E-state index contributed by atoms with van der Waals surface area (Å²) < 4.78 is 12.1. The van der Waals surface area contributed by atoms with Crippen molar-refractivity contribution in [1.82, 2.24) is 0 Å². The third-order valence-corrected chi connectivity index (χ3v) is 4.43. The first-order valence-electron chi connectivity index (χ1n) is 5.90. The summed E-state index contributed by atoms with van der Waals surface area (Å²) >= 11 is 0. The van der Waals surface area contributed by atoms with E-state index >= 15 is 0 Å². The van der Waals surface area contributed by atoms with Crippen molar-refractivity contribution in [3.63, 3.8) is 0 Å². The fourth-order valence-corrected chi connectivity index (χ4v) is 2.89. The van der Waals surface area contributed by atoms with Gasteiger partial charge in [0.1, 0.15) is 5.25 Å². The molecule has 0 saturated heterocycles. The van der Waals surface area contributed by atoms with Gasteiger partial charge in [0.2, 0.25) is 0 Å². The molecule has 0 aromatic heterocycles. The van der Waals surface area contributed by atoms with Gasteiger partial charge in [-0.05, 0) is 36.6 Å². The second kappa shape index (κ2) is 6.66. The molecule has 0 spiro atoms. The summed E-state index contributed by atoms with van der Waals surface area (Å²) in [7, 11) is -1.55. The largest absolute Gasteiger partial charge is 0.480 e. The van der Waals surface area contributed by atoms with Gasteiger partial charge in [0.25, 0.3) is 0 Å². The Bertz CT molecular complexity index is 428. The molecule has 1 aromatic carbocycles. The Hall–Kier alpha value is -1.20. The minimum atomic E-state index is -1.55. The molecule has 0 bridgehead atoms. The molecule has 0 saturated carbocycles. The van der Waals surface area contributed by atoms with Crippen molar-refractivity contribution in [2.45, 2.75) is 36.3 Å². The van der Waals surface area contributed by atoms with Crippen LogP contribution >= 0.6 is 0 Å². The van der Waals surface area contributed by atoms with Gasteiger partial charge in [0.05, 0.1) is 10.8 Å². The van der Waals surface area contributed by atoms with E-state index in [1.54, 1.807) is 12.1 Å². The third kappa shape index (κ3) is 3.65. The Labute approximate surface area is 110 Å². The normalized spacial score (nSPS) is 14.4. The zero-order chi connectivity index (χ0) is 13.7. The fraction of sp³-hybridized carbons (Fsp3) is 0.462. The SMILES string of the molecule is CC(C)c1ccc(S(=O)C(CCN)C(=O)O)cc1. The molecular formula is C13H19NO3S.